The SMILES string of the molecule is CN1CCN(CCCCN2C(=O)CN(/N=C/c3ccc(-c4ccc(Cl)cc4)o3)C2=O)CC1.CN1CCN(CCCCN2C(=O)CN(/N=C/c3ccc(-c4ccc(Cl)cc4)o3)C2=O)CC1. The molecule has 0 aliphatic carbocycles. The minimum absolute atomic E-state index is 0.0431. The van der Waals surface area contributed by atoms with E-state index in [1.165, 1.54) is 32.2 Å². The standard InChI is InChI=1S/2C23H28ClN5O3/c2*1-26-12-14-27(15-13-26)10-2-3-11-28-22(30)17-29(23(28)31)25-16-20-8-9-21(32-20)18-4-6-19(24)7-5-18/h2*4-9,16H,2-3,10-15,17H2,1H3/b2*25-16+. The van der Waals surface area contributed by atoms with Crippen molar-refractivity contribution in [2.75, 3.05) is 106 Å². The van der Waals surface area contributed by atoms with E-state index >= 15 is 0 Å². The second-order valence-corrected chi connectivity index (χ2v) is 17.3. The first-order valence-corrected chi connectivity index (χ1v) is 22.6. The summed E-state index contributed by atoms with van der Waals surface area (Å²) in [5.74, 6) is 1.92. The van der Waals surface area contributed by atoms with Crippen LogP contribution in [0.15, 0.2) is 91.8 Å². The van der Waals surface area contributed by atoms with E-state index < -0.39 is 0 Å². The van der Waals surface area contributed by atoms with E-state index in [0.717, 1.165) is 102 Å². The number of unbranched alkanes of at least 4 members (excludes halogenated alkanes) is 2. The van der Waals surface area contributed by atoms with E-state index in [0.29, 0.717) is 46.2 Å². The van der Waals surface area contributed by atoms with Gasteiger partial charge in [0.15, 0.2) is 0 Å². The van der Waals surface area contributed by atoms with Crippen molar-refractivity contribution in [3.8, 4) is 22.6 Å². The van der Waals surface area contributed by atoms with Gasteiger partial charge in [-0.15, -0.1) is 0 Å². The summed E-state index contributed by atoms with van der Waals surface area (Å²) in [4.78, 5) is 61.9. The lowest BCUT2D eigenvalue weighted by Gasteiger charge is -2.32. The Balaban J connectivity index is 0.000000191. The minimum Gasteiger partial charge on any atom is -0.455 e. The van der Waals surface area contributed by atoms with Crippen LogP contribution in [0.1, 0.15) is 37.2 Å². The molecular formula is C46H56Cl2N10O6. The number of halogens is 2. The minimum atomic E-state index is -0.379. The average molecular weight is 916 g/mol. The number of likely N-dealkylation sites (N-methyl/N-ethyl adjacent to an activating group) is 2. The molecule has 6 heterocycles. The highest BCUT2D eigenvalue weighted by atomic mass is 35.5. The van der Waals surface area contributed by atoms with Crippen LogP contribution in [0.3, 0.4) is 0 Å². The molecule has 4 aliphatic heterocycles. The van der Waals surface area contributed by atoms with Gasteiger partial charge in [-0.2, -0.15) is 10.2 Å². The summed E-state index contributed by atoms with van der Waals surface area (Å²) in [6.07, 6.45) is 6.44. The fourth-order valence-corrected chi connectivity index (χ4v) is 7.92. The molecule has 64 heavy (non-hydrogen) atoms. The second-order valence-electron chi connectivity index (χ2n) is 16.4. The zero-order valence-electron chi connectivity index (χ0n) is 36.5. The van der Waals surface area contributed by atoms with E-state index in [-0.39, 0.29) is 37.0 Å². The number of piperazine rings is 2. The smallest absolute Gasteiger partial charge is 0.347 e. The van der Waals surface area contributed by atoms with Gasteiger partial charge in [0.25, 0.3) is 11.8 Å². The third-order valence-corrected chi connectivity index (χ3v) is 12.1. The Morgan fingerprint density at radius 3 is 1.23 bits per heavy atom. The fourth-order valence-electron chi connectivity index (χ4n) is 7.67. The number of carbonyl (C=O) groups is 4. The number of amides is 6. The third-order valence-electron chi connectivity index (χ3n) is 11.6. The van der Waals surface area contributed by atoms with E-state index in [1.54, 1.807) is 36.4 Å². The van der Waals surface area contributed by atoms with Gasteiger partial charge in [-0.1, -0.05) is 23.2 Å². The number of benzene rings is 2. The highest BCUT2D eigenvalue weighted by molar-refractivity contribution is 6.31. The number of hydrazone groups is 2. The average Bonchev–Trinajstić information content (AvgIpc) is 4.09. The summed E-state index contributed by atoms with van der Waals surface area (Å²) in [5, 5.41) is 12.0. The number of hydrogen-bond acceptors (Lipinski definition) is 12. The molecule has 0 N–H and O–H groups in total. The lowest BCUT2D eigenvalue weighted by molar-refractivity contribution is -0.126. The molecule has 4 saturated heterocycles. The molecule has 0 unspecified atom stereocenters. The molecule has 2 aromatic carbocycles. The van der Waals surface area contributed by atoms with E-state index in [4.69, 9.17) is 32.0 Å². The maximum atomic E-state index is 12.6. The topological polar surface area (TPSA) is 145 Å². The maximum Gasteiger partial charge on any atom is 0.347 e. The van der Waals surface area contributed by atoms with Crippen molar-refractivity contribution < 1.29 is 28.0 Å². The molecule has 0 saturated carbocycles. The van der Waals surface area contributed by atoms with Crippen LogP contribution in [-0.2, 0) is 9.59 Å². The normalized spacial score (nSPS) is 18.4. The van der Waals surface area contributed by atoms with Crippen LogP contribution < -0.4 is 0 Å². The summed E-state index contributed by atoms with van der Waals surface area (Å²) < 4.78 is 11.5. The highest BCUT2D eigenvalue weighted by Gasteiger charge is 2.36. The van der Waals surface area contributed by atoms with E-state index in [1.807, 2.05) is 36.4 Å². The van der Waals surface area contributed by atoms with Gasteiger partial charge >= 0.3 is 12.1 Å². The molecule has 2 aromatic heterocycles. The molecule has 16 nitrogen and oxygen atoms in total. The number of urea groups is 2. The van der Waals surface area contributed by atoms with Crippen LogP contribution in [0.2, 0.25) is 10.0 Å². The number of furan rings is 2. The van der Waals surface area contributed by atoms with Crippen LogP contribution >= 0.6 is 23.2 Å². The van der Waals surface area contributed by atoms with Crippen LogP contribution in [-0.4, -0.2) is 181 Å². The third kappa shape index (κ3) is 12.9. The quantitative estimate of drug-likeness (QED) is 0.0699. The summed E-state index contributed by atoms with van der Waals surface area (Å²) in [6.45, 7) is 11.4. The van der Waals surface area contributed by atoms with Crippen molar-refractivity contribution in [2.45, 2.75) is 25.7 Å². The largest absolute Gasteiger partial charge is 0.455 e. The van der Waals surface area contributed by atoms with Gasteiger partial charge in [0.2, 0.25) is 0 Å². The van der Waals surface area contributed by atoms with E-state index in [9.17, 15) is 19.2 Å². The van der Waals surface area contributed by atoms with Gasteiger partial charge in [0.05, 0.1) is 12.4 Å². The molecule has 0 radical (unpaired) electrons. The van der Waals surface area contributed by atoms with Crippen molar-refractivity contribution >= 4 is 59.5 Å². The van der Waals surface area contributed by atoms with Gasteiger partial charge in [-0.3, -0.25) is 19.4 Å². The summed E-state index contributed by atoms with van der Waals surface area (Å²) in [6, 6.07) is 21.1. The first kappa shape index (κ1) is 46.6. The molecular weight excluding hydrogens is 859 g/mol. The van der Waals surface area contributed by atoms with Gasteiger partial charge in [0.1, 0.15) is 36.1 Å². The van der Waals surface area contributed by atoms with Crippen LogP contribution in [0.25, 0.3) is 22.6 Å². The first-order chi connectivity index (χ1) is 31.0. The van der Waals surface area contributed by atoms with Crippen molar-refractivity contribution in [3.05, 3.63) is 94.4 Å². The van der Waals surface area contributed by atoms with Gasteiger partial charge < -0.3 is 28.4 Å². The summed E-state index contributed by atoms with van der Waals surface area (Å²) >= 11 is 11.8. The molecule has 340 valence electrons. The predicted molar refractivity (Wildman–Crippen MR) is 247 cm³/mol. The summed E-state index contributed by atoms with van der Waals surface area (Å²) in [7, 11) is 4.28. The Morgan fingerprint density at radius 2 is 0.859 bits per heavy atom. The predicted octanol–water partition coefficient (Wildman–Crippen LogP) is 6.45. The lowest BCUT2D eigenvalue weighted by atomic mass is 10.2. The zero-order valence-corrected chi connectivity index (χ0v) is 38.0. The zero-order chi connectivity index (χ0) is 45.0. The number of rotatable bonds is 16. The second kappa shape index (κ2) is 22.5. The fraction of sp³-hybridized carbons (Fsp3) is 0.435. The van der Waals surface area contributed by atoms with Crippen molar-refractivity contribution in [1.29, 1.82) is 0 Å². The molecule has 8 rings (SSSR count). The van der Waals surface area contributed by atoms with Gasteiger partial charge in [-0.05, 0) is 126 Å². The number of carbonyl (C=O) groups excluding carboxylic acids is 4. The number of imide groups is 2. The lowest BCUT2D eigenvalue weighted by Crippen LogP contribution is -2.44. The Kier molecular flexibility index (Phi) is 16.4. The molecule has 6 amide bonds. The van der Waals surface area contributed by atoms with Crippen molar-refractivity contribution in [2.24, 2.45) is 10.2 Å². The van der Waals surface area contributed by atoms with Crippen LogP contribution in [0.5, 0.6) is 0 Å². The molecule has 4 aromatic rings. The Labute approximate surface area is 384 Å². The molecule has 0 bridgehead atoms. The monoisotopic (exact) mass is 914 g/mol. The highest BCUT2D eigenvalue weighted by Crippen LogP contribution is 2.25. The number of nitrogens with zero attached hydrogens (tertiary/aromatic N) is 10. The van der Waals surface area contributed by atoms with Gasteiger partial charge in [0, 0.05) is 86.6 Å². The molecule has 0 spiro atoms. The van der Waals surface area contributed by atoms with E-state index in [2.05, 4.69) is 43.9 Å². The molecule has 0 atom stereocenters. The van der Waals surface area contributed by atoms with Crippen LogP contribution in [0, 0.1) is 0 Å². The molecule has 18 heteroatoms. The maximum absolute atomic E-state index is 12.6. The Bertz CT molecular complexity index is 2090. The first-order valence-electron chi connectivity index (χ1n) is 21.8. The molecule has 4 fully saturated rings. The van der Waals surface area contributed by atoms with Crippen molar-refractivity contribution in [1.82, 2.24) is 39.4 Å². The van der Waals surface area contributed by atoms with Gasteiger partial charge in [-0.25, -0.2) is 19.6 Å². The Morgan fingerprint density at radius 1 is 0.500 bits per heavy atom. The Hall–Kier alpha value is -5.36. The van der Waals surface area contributed by atoms with Crippen molar-refractivity contribution in [3.63, 3.8) is 0 Å². The summed E-state index contributed by atoms with van der Waals surface area (Å²) in [5.41, 5.74) is 1.79. The molecule has 4 aliphatic rings. The number of hydrogen-bond donors (Lipinski definition) is 0. The van der Waals surface area contributed by atoms with Crippen LogP contribution in [0.4, 0.5) is 9.59 Å².